The number of carbonyl (C=O) groups excluding carboxylic acids is 1. The van der Waals surface area contributed by atoms with Crippen molar-refractivity contribution >= 4 is 29.1 Å². The maximum atomic E-state index is 14.5. The Balaban J connectivity index is 1.69. The molecule has 3 aromatic rings. The van der Waals surface area contributed by atoms with Gasteiger partial charge in [0.25, 0.3) is 5.91 Å². The van der Waals surface area contributed by atoms with Crippen molar-refractivity contribution in [3.63, 3.8) is 0 Å². The van der Waals surface area contributed by atoms with Gasteiger partial charge in [-0.25, -0.2) is 9.78 Å². The zero-order valence-electron chi connectivity index (χ0n) is 12.7. The van der Waals surface area contributed by atoms with E-state index < -0.39 is 17.8 Å². The summed E-state index contributed by atoms with van der Waals surface area (Å²) in [6, 6.07) is 3.06. The minimum absolute atomic E-state index is 0.0281. The third kappa shape index (κ3) is 2.43. The molecule has 0 aliphatic carbocycles. The summed E-state index contributed by atoms with van der Waals surface area (Å²) >= 11 is 5.84. The maximum absolute atomic E-state index is 14.5. The van der Waals surface area contributed by atoms with Gasteiger partial charge in [0.05, 0.1) is 11.6 Å². The number of aromatic carboxylic acids is 1. The zero-order chi connectivity index (χ0) is 17.7. The normalized spacial score (nSPS) is 13.9. The molecule has 2 N–H and O–H groups in total. The summed E-state index contributed by atoms with van der Waals surface area (Å²) in [4.78, 5) is 29.3. The third-order valence-electron chi connectivity index (χ3n) is 4.15. The number of carboxylic acid groups (broad SMARTS) is 1. The highest BCUT2D eigenvalue weighted by Crippen LogP contribution is 2.23. The van der Waals surface area contributed by atoms with Gasteiger partial charge in [0.15, 0.2) is 11.4 Å². The van der Waals surface area contributed by atoms with Crippen LogP contribution in [0.15, 0.2) is 18.3 Å². The van der Waals surface area contributed by atoms with Crippen LogP contribution in [0.3, 0.4) is 0 Å². The summed E-state index contributed by atoms with van der Waals surface area (Å²) in [5.41, 5.74) is 0.904. The molecular formula is C15H11ClFN5O3. The number of rotatable bonds is 2. The average Bonchev–Trinajstić information content (AvgIpc) is 3.15. The molecule has 0 saturated carbocycles. The second kappa shape index (κ2) is 5.55. The lowest BCUT2D eigenvalue weighted by atomic mass is 10.1. The first-order valence-corrected chi connectivity index (χ1v) is 7.75. The number of nitrogens with one attached hydrogen (secondary N) is 1. The number of halogens is 2. The highest BCUT2D eigenvalue weighted by molar-refractivity contribution is 6.30. The number of aromatic nitrogens is 4. The average molecular weight is 364 g/mol. The van der Waals surface area contributed by atoms with Gasteiger partial charge in [0.1, 0.15) is 5.65 Å². The first-order chi connectivity index (χ1) is 12.0. The molecule has 1 aliphatic heterocycles. The summed E-state index contributed by atoms with van der Waals surface area (Å²) in [5, 5.41) is 15.9. The fourth-order valence-corrected chi connectivity index (χ4v) is 3.08. The van der Waals surface area contributed by atoms with Gasteiger partial charge in [-0.05, 0) is 12.1 Å². The molecule has 0 radical (unpaired) electrons. The lowest BCUT2D eigenvalue weighted by Gasteiger charge is -2.26. The molecule has 10 heteroatoms. The van der Waals surface area contributed by atoms with E-state index in [0.29, 0.717) is 29.2 Å². The molecule has 4 heterocycles. The van der Waals surface area contributed by atoms with E-state index in [1.54, 1.807) is 6.07 Å². The molecule has 0 bridgehead atoms. The van der Waals surface area contributed by atoms with Crippen LogP contribution in [0.25, 0.3) is 5.65 Å². The summed E-state index contributed by atoms with van der Waals surface area (Å²) in [6.45, 7) is 0.335. The molecule has 0 spiro atoms. The molecular weight excluding hydrogens is 353 g/mol. The molecule has 1 amide bonds. The van der Waals surface area contributed by atoms with Crippen LogP contribution in [0.1, 0.15) is 32.2 Å². The van der Waals surface area contributed by atoms with Gasteiger partial charge in [-0.1, -0.05) is 11.6 Å². The van der Waals surface area contributed by atoms with Crippen molar-refractivity contribution in [1.82, 2.24) is 24.5 Å². The van der Waals surface area contributed by atoms with Gasteiger partial charge in [-0.2, -0.15) is 9.49 Å². The van der Waals surface area contributed by atoms with Crippen LogP contribution in [0.5, 0.6) is 0 Å². The van der Waals surface area contributed by atoms with Crippen molar-refractivity contribution in [3.05, 3.63) is 51.9 Å². The molecule has 0 aromatic carbocycles. The smallest absolute Gasteiger partial charge is 0.356 e. The number of hydrogen-bond acceptors (Lipinski definition) is 4. The van der Waals surface area contributed by atoms with Crippen molar-refractivity contribution in [1.29, 1.82) is 0 Å². The van der Waals surface area contributed by atoms with E-state index in [-0.39, 0.29) is 23.6 Å². The first-order valence-electron chi connectivity index (χ1n) is 7.37. The van der Waals surface area contributed by atoms with E-state index >= 15 is 0 Å². The Morgan fingerprint density at radius 2 is 2.12 bits per heavy atom. The molecule has 128 valence electrons. The van der Waals surface area contributed by atoms with Crippen LogP contribution in [-0.2, 0) is 13.0 Å². The maximum Gasteiger partial charge on any atom is 0.356 e. The van der Waals surface area contributed by atoms with Crippen LogP contribution >= 0.6 is 11.6 Å². The van der Waals surface area contributed by atoms with Gasteiger partial charge in [0.2, 0.25) is 5.95 Å². The molecule has 0 saturated heterocycles. The van der Waals surface area contributed by atoms with Crippen LogP contribution in [0.4, 0.5) is 4.39 Å². The van der Waals surface area contributed by atoms with E-state index in [4.69, 9.17) is 16.7 Å². The third-order valence-corrected chi connectivity index (χ3v) is 4.37. The fraction of sp³-hybridized carbons (Fsp3) is 0.200. The Bertz CT molecular complexity index is 1030. The quantitative estimate of drug-likeness (QED) is 0.722. The molecule has 3 aromatic heterocycles. The summed E-state index contributed by atoms with van der Waals surface area (Å²) in [5.74, 6) is -2.60. The van der Waals surface area contributed by atoms with Crippen LogP contribution in [0.2, 0.25) is 5.02 Å². The molecule has 25 heavy (non-hydrogen) atoms. The number of carboxylic acids is 1. The second-order valence-electron chi connectivity index (χ2n) is 5.64. The Hall–Kier alpha value is -2.94. The highest BCUT2D eigenvalue weighted by atomic mass is 35.5. The number of carbonyl (C=O) groups is 2. The van der Waals surface area contributed by atoms with Crippen molar-refractivity contribution in [3.8, 4) is 0 Å². The van der Waals surface area contributed by atoms with Crippen molar-refractivity contribution < 1.29 is 19.1 Å². The van der Waals surface area contributed by atoms with Crippen LogP contribution in [-0.4, -0.2) is 48.0 Å². The Morgan fingerprint density at radius 1 is 1.32 bits per heavy atom. The van der Waals surface area contributed by atoms with E-state index in [1.807, 2.05) is 0 Å². The van der Waals surface area contributed by atoms with E-state index in [0.717, 1.165) is 4.40 Å². The summed E-state index contributed by atoms with van der Waals surface area (Å²) in [6.07, 6.45) is 1.74. The summed E-state index contributed by atoms with van der Waals surface area (Å²) in [7, 11) is 0. The summed E-state index contributed by atoms with van der Waals surface area (Å²) < 4.78 is 15.6. The van der Waals surface area contributed by atoms with Crippen molar-refractivity contribution in [2.24, 2.45) is 0 Å². The molecule has 0 fully saturated rings. The van der Waals surface area contributed by atoms with Gasteiger partial charge in [0, 0.05) is 30.4 Å². The Morgan fingerprint density at radius 3 is 2.88 bits per heavy atom. The number of imidazole rings is 1. The fourth-order valence-electron chi connectivity index (χ4n) is 2.92. The number of hydrogen-bond donors (Lipinski definition) is 2. The molecule has 8 nitrogen and oxygen atoms in total. The lowest BCUT2D eigenvalue weighted by molar-refractivity contribution is 0.0671. The van der Waals surface area contributed by atoms with Crippen molar-refractivity contribution in [2.45, 2.75) is 13.0 Å². The molecule has 1 aliphatic rings. The number of amides is 1. The number of pyridine rings is 1. The number of nitrogens with zero attached hydrogens (tertiary/aromatic N) is 4. The van der Waals surface area contributed by atoms with E-state index in [1.165, 1.54) is 17.2 Å². The molecule has 0 unspecified atom stereocenters. The van der Waals surface area contributed by atoms with E-state index in [9.17, 15) is 14.0 Å². The monoisotopic (exact) mass is 363 g/mol. The number of aromatic amines is 1. The van der Waals surface area contributed by atoms with E-state index in [2.05, 4.69) is 15.2 Å². The largest absolute Gasteiger partial charge is 0.476 e. The highest BCUT2D eigenvalue weighted by Gasteiger charge is 2.31. The minimum atomic E-state index is -1.18. The standard InChI is InChI=1S/C15H11ClFN5O3/c16-7-1-2-10-18-12(13(17)22(10)5-7)14(23)21-4-3-9-8(6-21)11(15(24)25)20-19-9/h1-2,5H,3-4,6H2,(H,19,20)(H,24,25). The molecule has 0 atom stereocenters. The predicted molar refractivity (Wildman–Crippen MR) is 84.2 cm³/mol. The first kappa shape index (κ1) is 15.6. The predicted octanol–water partition coefficient (Wildman–Crippen LogP) is 1.75. The van der Waals surface area contributed by atoms with Crippen LogP contribution in [0, 0.1) is 5.95 Å². The zero-order valence-corrected chi connectivity index (χ0v) is 13.4. The lowest BCUT2D eigenvalue weighted by Crippen LogP contribution is -2.37. The Kier molecular flexibility index (Phi) is 3.46. The van der Waals surface area contributed by atoms with Crippen LogP contribution < -0.4 is 0 Å². The minimum Gasteiger partial charge on any atom is -0.476 e. The number of H-pyrrole nitrogens is 1. The topological polar surface area (TPSA) is 104 Å². The van der Waals surface area contributed by atoms with Gasteiger partial charge < -0.3 is 10.0 Å². The van der Waals surface area contributed by atoms with Crippen molar-refractivity contribution in [2.75, 3.05) is 6.54 Å². The second-order valence-corrected chi connectivity index (χ2v) is 6.07. The van der Waals surface area contributed by atoms with Gasteiger partial charge in [-0.3, -0.25) is 14.3 Å². The SMILES string of the molecule is O=C(O)c1n[nH]c2c1CN(C(=O)c1nc3ccc(Cl)cn3c1F)CC2. The number of fused-ring (bicyclic) bond motifs is 2. The Labute approximate surface area is 144 Å². The van der Waals surface area contributed by atoms with Gasteiger partial charge >= 0.3 is 5.97 Å². The molecule has 4 rings (SSSR count). The van der Waals surface area contributed by atoms with Gasteiger partial charge in [-0.15, -0.1) is 0 Å².